The predicted molar refractivity (Wildman–Crippen MR) is 77.7 cm³/mol. The van der Waals surface area contributed by atoms with Crippen molar-refractivity contribution in [3.8, 4) is 5.75 Å². The van der Waals surface area contributed by atoms with Crippen LogP contribution in [0, 0.1) is 0 Å². The Kier molecular flexibility index (Phi) is 4.83. The second-order valence-corrected chi connectivity index (χ2v) is 5.75. The van der Waals surface area contributed by atoms with Gasteiger partial charge in [-0.1, -0.05) is 31.5 Å². The molecule has 1 aliphatic heterocycles. The van der Waals surface area contributed by atoms with Gasteiger partial charge < -0.3 is 15.2 Å². The van der Waals surface area contributed by atoms with E-state index in [-0.39, 0.29) is 0 Å². The number of aliphatic hydroxyl groups is 1. The number of ether oxygens (including phenoxy) is 1. The summed E-state index contributed by atoms with van der Waals surface area (Å²) in [7, 11) is 0. The van der Waals surface area contributed by atoms with Gasteiger partial charge in [-0.15, -0.1) is 0 Å². The van der Waals surface area contributed by atoms with E-state index in [0.29, 0.717) is 12.5 Å². The van der Waals surface area contributed by atoms with Crippen LogP contribution in [0.3, 0.4) is 0 Å². The minimum absolute atomic E-state index is 0.488. The van der Waals surface area contributed by atoms with Crippen LogP contribution in [0.25, 0.3) is 0 Å². The molecule has 2 rings (SSSR count). The monoisotopic (exact) mass is 263 g/mol. The van der Waals surface area contributed by atoms with Crippen LogP contribution in [-0.4, -0.2) is 30.4 Å². The summed E-state index contributed by atoms with van der Waals surface area (Å²) in [6.07, 6.45) is 2.89. The van der Waals surface area contributed by atoms with Gasteiger partial charge in [0, 0.05) is 19.0 Å². The smallest absolute Gasteiger partial charge is 0.122 e. The van der Waals surface area contributed by atoms with Crippen molar-refractivity contribution >= 4 is 0 Å². The fraction of sp³-hybridized carbons (Fsp3) is 0.625. The van der Waals surface area contributed by atoms with Gasteiger partial charge in [-0.3, -0.25) is 0 Å². The van der Waals surface area contributed by atoms with Crippen molar-refractivity contribution in [1.29, 1.82) is 0 Å². The maximum atomic E-state index is 10.2. The molecule has 106 valence electrons. The molecule has 0 radical (unpaired) electrons. The Morgan fingerprint density at radius 2 is 2.21 bits per heavy atom. The number of rotatable bonds is 6. The fourth-order valence-electron chi connectivity index (χ4n) is 2.77. The zero-order chi connectivity index (χ0) is 13.7. The highest BCUT2D eigenvalue weighted by Gasteiger charge is 2.23. The van der Waals surface area contributed by atoms with Gasteiger partial charge in [0.2, 0.25) is 0 Å². The maximum absolute atomic E-state index is 10.2. The summed E-state index contributed by atoms with van der Waals surface area (Å²) in [4.78, 5) is 0. The first-order chi connectivity index (χ1) is 9.12. The molecule has 2 N–H and O–H groups in total. The van der Waals surface area contributed by atoms with E-state index < -0.39 is 5.60 Å². The number of nitrogens with one attached hydrogen (secondary N) is 1. The van der Waals surface area contributed by atoms with Crippen molar-refractivity contribution in [2.45, 2.75) is 44.6 Å². The van der Waals surface area contributed by atoms with E-state index in [9.17, 15) is 5.11 Å². The zero-order valence-electron chi connectivity index (χ0n) is 12.0. The van der Waals surface area contributed by atoms with E-state index in [0.717, 1.165) is 38.2 Å². The third-order valence-corrected chi connectivity index (χ3v) is 3.77. The van der Waals surface area contributed by atoms with Gasteiger partial charge in [0.1, 0.15) is 5.75 Å². The van der Waals surface area contributed by atoms with Gasteiger partial charge in [0.25, 0.3) is 0 Å². The Morgan fingerprint density at radius 3 is 3.00 bits per heavy atom. The molecule has 0 spiro atoms. The second-order valence-electron chi connectivity index (χ2n) is 5.75. The minimum Gasteiger partial charge on any atom is -0.493 e. The normalized spacial score (nSPS) is 21.3. The lowest BCUT2D eigenvalue weighted by Gasteiger charge is -2.28. The highest BCUT2D eigenvalue weighted by molar-refractivity contribution is 5.37. The summed E-state index contributed by atoms with van der Waals surface area (Å²) in [6, 6.07) is 8.26. The first-order valence-corrected chi connectivity index (χ1v) is 7.27. The van der Waals surface area contributed by atoms with Crippen LogP contribution >= 0.6 is 0 Å². The second kappa shape index (κ2) is 6.40. The van der Waals surface area contributed by atoms with Crippen molar-refractivity contribution in [3.05, 3.63) is 29.8 Å². The summed E-state index contributed by atoms with van der Waals surface area (Å²) in [5, 5.41) is 13.6. The van der Waals surface area contributed by atoms with Crippen LogP contribution in [-0.2, 0) is 0 Å². The number of hydrogen-bond donors (Lipinski definition) is 2. The molecule has 2 unspecified atom stereocenters. The Labute approximate surface area is 116 Å². The molecule has 1 aliphatic rings. The third kappa shape index (κ3) is 3.95. The molecule has 3 nitrogen and oxygen atoms in total. The van der Waals surface area contributed by atoms with Gasteiger partial charge in [-0.25, -0.2) is 0 Å². The predicted octanol–water partition coefficient (Wildman–Crippen LogP) is 2.69. The molecule has 1 heterocycles. The zero-order valence-corrected chi connectivity index (χ0v) is 12.0. The Balaban J connectivity index is 1.88. The topological polar surface area (TPSA) is 41.5 Å². The van der Waals surface area contributed by atoms with Crippen LogP contribution < -0.4 is 10.1 Å². The van der Waals surface area contributed by atoms with Crippen molar-refractivity contribution in [2.24, 2.45) is 0 Å². The molecule has 0 aliphatic carbocycles. The Hall–Kier alpha value is -1.06. The van der Waals surface area contributed by atoms with Gasteiger partial charge in [0.05, 0.1) is 12.2 Å². The third-order valence-electron chi connectivity index (χ3n) is 3.77. The lowest BCUT2D eigenvalue weighted by molar-refractivity contribution is 0.0496. The first-order valence-electron chi connectivity index (χ1n) is 7.27. The average Bonchev–Trinajstić information content (AvgIpc) is 2.39. The van der Waals surface area contributed by atoms with E-state index in [1.165, 1.54) is 5.56 Å². The SMILES string of the molecule is CCCC(C)(O)CNCC1CCOc2ccccc21. The molecular weight excluding hydrogens is 238 g/mol. The highest BCUT2D eigenvalue weighted by Crippen LogP contribution is 2.32. The molecule has 19 heavy (non-hydrogen) atoms. The fourth-order valence-corrected chi connectivity index (χ4v) is 2.77. The van der Waals surface area contributed by atoms with Gasteiger partial charge in [-0.2, -0.15) is 0 Å². The highest BCUT2D eigenvalue weighted by atomic mass is 16.5. The lowest BCUT2D eigenvalue weighted by atomic mass is 9.92. The van der Waals surface area contributed by atoms with E-state index in [4.69, 9.17) is 4.74 Å². The van der Waals surface area contributed by atoms with Gasteiger partial charge >= 0.3 is 0 Å². The molecule has 0 amide bonds. The van der Waals surface area contributed by atoms with Crippen LogP contribution in [0.15, 0.2) is 24.3 Å². The first kappa shape index (κ1) is 14.4. The van der Waals surface area contributed by atoms with Crippen LogP contribution in [0.1, 0.15) is 44.6 Å². The Morgan fingerprint density at radius 1 is 1.42 bits per heavy atom. The molecule has 1 aromatic carbocycles. The summed E-state index contributed by atoms with van der Waals surface area (Å²) in [6.45, 7) is 6.35. The standard InChI is InChI=1S/C16H25NO2/c1-3-9-16(2,18)12-17-11-13-8-10-19-15-7-5-4-6-14(13)15/h4-7,13,17-18H,3,8-12H2,1-2H3. The Bertz CT molecular complexity index is 403. The molecule has 2 atom stereocenters. The summed E-state index contributed by atoms with van der Waals surface area (Å²) in [5.41, 5.74) is 0.691. The maximum Gasteiger partial charge on any atom is 0.122 e. The number of benzene rings is 1. The largest absolute Gasteiger partial charge is 0.493 e. The van der Waals surface area contributed by atoms with Crippen molar-refractivity contribution in [1.82, 2.24) is 5.32 Å². The molecule has 0 saturated heterocycles. The summed E-state index contributed by atoms with van der Waals surface area (Å²) >= 11 is 0. The van der Waals surface area contributed by atoms with Crippen molar-refractivity contribution < 1.29 is 9.84 Å². The molecule has 0 fully saturated rings. The molecular formula is C16H25NO2. The van der Waals surface area contributed by atoms with Crippen LogP contribution in [0.4, 0.5) is 0 Å². The van der Waals surface area contributed by atoms with E-state index in [2.05, 4.69) is 24.4 Å². The molecule has 0 aromatic heterocycles. The molecule has 0 saturated carbocycles. The molecule has 0 bridgehead atoms. The van der Waals surface area contributed by atoms with Crippen LogP contribution in [0.2, 0.25) is 0 Å². The van der Waals surface area contributed by atoms with E-state index >= 15 is 0 Å². The number of fused-ring (bicyclic) bond motifs is 1. The summed E-state index contributed by atoms with van der Waals surface area (Å²) < 4.78 is 5.66. The summed E-state index contributed by atoms with van der Waals surface area (Å²) in [5.74, 6) is 1.50. The minimum atomic E-state index is -0.598. The van der Waals surface area contributed by atoms with Gasteiger partial charge in [0.15, 0.2) is 0 Å². The van der Waals surface area contributed by atoms with Gasteiger partial charge in [-0.05, 0) is 31.4 Å². The van der Waals surface area contributed by atoms with Crippen molar-refractivity contribution in [3.63, 3.8) is 0 Å². The number of para-hydroxylation sites is 1. The lowest BCUT2D eigenvalue weighted by Crippen LogP contribution is -2.39. The number of hydrogen-bond acceptors (Lipinski definition) is 3. The van der Waals surface area contributed by atoms with Crippen molar-refractivity contribution in [2.75, 3.05) is 19.7 Å². The van der Waals surface area contributed by atoms with E-state index in [1.807, 2.05) is 19.1 Å². The quantitative estimate of drug-likeness (QED) is 0.829. The molecule has 1 aromatic rings. The van der Waals surface area contributed by atoms with E-state index in [1.54, 1.807) is 0 Å². The van der Waals surface area contributed by atoms with Crippen LogP contribution in [0.5, 0.6) is 5.75 Å². The molecule has 3 heteroatoms. The average molecular weight is 263 g/mol.